The van der Waals surface area contributed by atoms with E-state index in [0.29, 0.717) is 12.2 Å². The number of rotatable bonds is 6. The molecule has 0 aromatic carbocycles. The molecule has 0 aromatic heterocycles. The Kier molecular flexibility index (Phi) is 4.12. The Labute approximate surface area is 107 Å². The third-order valence-corrected chi connectivity index (χ3v) is 22.4. The maximum absolute atomic E-state index is 5.35. The van der Waals surface area contributed by atoms with Crippen LogP contribution in [0, 0.1) is 0 Å². The first-order chi connectivity index (χ1) is 7.86. The molecule has 0 amide bonds. The topological polar surface area (TPSA) is 25.1 Å². The summed E-state index contributed by atoms with van der Waals surface area (Å²) >= 11 is 0. The zero-order valence-corrected chi connectivity index (χ0v) is 12.9. The zero-order chi connectivity index (χ0) is 10.8. The molecule has 3 aliphatic heterocycles. The quantitative estimate of drug-likeness (QED) is 0.553. The predicted molar refractivity (Wildman–Crippen MR) is 73.6 cm³/mol. The Hall–Kier alpha value is 1.14. The fourth-order valence-corrected chi connectivity index (χ4v) is 20.4. The van der Waals surface area contributed by atoms with Crippen LogP contribution in [0.15, 0.2) is 0 Å². The number of ether oxygens (including phenoxy) is 2. The molecule has 0 spiro atoms. The summed E-state index contributed by atoms with van der Waals surface area (Å²) in [6.45, 7) is 2.05. The van der Waals surface area contributed by atoms with Crippen molar-refractivity contribution in [2.45, 2.75) is 42.1 Å². The van der Waals surface area contributed by atoms with Crippen molar-refractivity contribution in [1.29, 1.82) is 0 Å². The Morgan fingerprint density at radius 2 is 1.38 bits per heavy atom. The van der Waals surface area contributed by atoms with E-state index in [0.717, 1.165) is 13.2 Å². The first-order valence-corrected chi connectivity index (χ1v) is 14.6. The van der Waals surface area contributed by atoms with Crippen LogP contribution in [0.1, 0.15) is 19.3 Å². The van der Waals surface area contributed by atoms with Crippen LogP contribution in [-0.4, -0.2) is 47.5 Å². The van der Waals surface area contributed by atoms with Gasteiger partial charge in [0, 0.05) is 0 Å². The molecule has 2 nitrogen and oxygen atoms in total. The molecule has 0 aromatic rings. The van der Waals surface area contributed by atoms with E-state index in [2.05, 4.69) is 20.4 Å². The van der Waals surface area contributed by atoms with Crippen molar-refractivity contribution in [2.24, 2.45) is 0 Å². The van der Waals surface area contributed by atoms with Crippen molar-refractivity contribution in [3.05, 3.63) is 0 Å². The summed E-state index contributed by atoms with van der Waals surface area (Å²) in [7, 11) is 3.40. The van der Waals surface area contributed by atoms with Crippen molar-refractivity contribution in [2.75, 3.05) is 24.7 Å². The minimum atomic E-state index is -1.25. The van der Waals surface area contributed by atoms with Gasteiger partial charge in [-0.1, -0.05) is 0 Å². The molecule has 5 heteroatoms. The number of epoxide rings is 2. The van der Waals surface area contributed by atoms with Crippen molar-refractivity contribution in [1.82, 2.24) is 0 Å². The van der Waals surface area contributed by atoms with Crippen molar-refractivity contribution in [3.63, 3.8) is 0 Å². The van der Waals surface area contributed by atoms with Gasteiger partial charge in [0.25, 0.3) is 0 Å². The SMILES string of the molecule is C1CC[Se](SCC2CO2)(SCC2CO2)CC1. The fourth-order valence-electron chi connectivity index (χ4n) is 1.92. The summed E-state index contributed by atoms with van der Waals surface area (Å²) in [5, 5.41) is 3.09. The Morgan fingerprint density at radius 3 is 1.81 bits per heavy atom. The van der Waals surface area contributed by atoms with Gasteiger partial charge in [0.1, 0.15) is 0 Å². The summed E-state index contributed by atoms with van der Waals surface area (Å²) in [6, 6.07) is 0. The average molecular weight is 327 g/mol. The second-order valence-electron chi connectivity index (χ2n) is 4.69. The van der Waals surface area contributed by atoms with Crippen LogP contribution >= 0.6 is 20.4 Å². The van der Waals surface area contributed by atoms with Crippen molar-refractivity contribution >= 4 is 31.0 Å². The van der Waals surface area contributed by atoms with E-state index in [4.69, 9.17) is 9.47 Å². The molecule has 0 saturated carbocycles. The zero-order valence-electron chi connectivity index (χ0n) is 9.56. The molecular weight excluding hydrogens is 307 g/mol. The summed E-state index contributed by atoms with van der Waals surface area (Å²) in [5.41, 5.74) is 0. The molecule has 3 rings (SSSR count). The average Bonchev–Trinajstić information content (AvgIpc) is 3.18. The first-order valence-electron chi connectivity index (χ1n) is 6.17. The molecule has 0 bridgehead atoms. The predicted octanol–water partition coefficient (Wildman–Crippen LogP) is 2.88. The third-order valence-electron chi connectivity index (χ3n) is 3.15. The van der Waals surface area contributed by atoms with Gasteiger partial charge in [-0.2, -0.15) is 0 Å². The summed E-state index contributed by atoms with van der Waals surface area (Å²) in [6.07, 6.45) is 5.66. The van der Waals surface area contributed by atoms with Crippen molar-refractivity contribution < 1.29 is 9.47 Å². The second kappa shape index (κ2) is 5.41. The molecule has 0 aliphatic carbocycles. The van der Waals surface area contributed by atoms with E-state index in [1.807, 2.05) is 0 Å². The van der Waals surface area contributed by atoms with E-state index in [9.17, 15) is 0 Å². The van der Waals surface area contributed by atoms with Gasteiger partial charge in [0.05, 0.1) is 0 Å². The van der Waals surface area contributed by atoms with Gasteiger partial charge in [0.15, 0.2) is 0 Å². The van der Waals surface area contributed by atoms with E-state index in [1.165, 1.54) is 30.8 Å². The molecule has 3 fully saturated rings. The van der Waals surface area contributed by atoms with Gasteiger partial charge in [0.2, 0.25) is 0 Å². The molecule has 2 atom stereocenters. The molecule has 3 heterocycles. The normalized spacial score (nSPS) is 38.0. The first kappa shape index (κ1) is 12.2. The molecule has 3 aliphatic rings. The van der Waals surface area contributed by atoms with Gasteiger partial charge >= 0.3 is 107 Å². The fraction of sp³-hybridized carbons (Fsp3) is 1.00. The minimum absolute atomic E-state index is 0.610. The van der Waals surface area contributed by atoms with Crippen molar-refractivity contribution in [3.8, 4) is 0 Å². The molecule has 3 saturated heterocycles. The molecule has 94 valence electrons. The van der Waals surface area contributed by atoms with Gasteiger partial charge < -0.3 is 0 Å². The summed E-state index contributed by atoms with van der Waals surface area (Å²) in [5.74, 6) is 2.55. The van der Waals surface area contributed by atoms with E-state index in [-0.39, 0.29) is 0 Å². The van der Waals surface area contributed by atoms with Crippen LogP contribution in [0.3, 0.4) is 0 Å². The van der Waals surface area contributed by atoms with Crippen LogP contribution in [0.25, 0.3) is 0 Å². The third kappa shape index (κ3) is 3.56. The number of hydrogen-bond donors (Lipinski definition) is 0. The van der Waals surface area contributed by atoms with Crippen LogP contribution < -0.4 is 0 Å². The van der Waals surface area contributed by atoms with Gasteiger partial charge in [-0.25, -0.2) is 0 Å². The summed E-state index contributed by atoms with van der Waals surface area (Å²) in [4.78, 5) is 0. The molecular formula is C11H20O2S2Se. The van der Waals surface area contributed by atoms with Crippen LogP contribution in [-0.2, 0) is 9.47 Å². The standard InChI is InChI=1S/C11H20O2S2Se/c1-2-4-16(5-3-1,14-8-10-6-12-10)15-9-11-7-13-11/h10-11H,1-9H2. The molecule has 0 radical (unpaired) electrons. The Balaban J connectivity index is 1.50. The van der Waals surface area contributed by atoms with E-state index in [1.54, 1.807) is 10.6 Å². The molecule has 0 N–H and O–H groups in total. The van der Waals surface area contributed by atoms with E-state index < -0.39 is 10.6 Å². The summed E-state index contributed by atoms with van der Waals surface area (Å²) < 4.78 is 10.7. The van der Waals surface area contributed by atoms with Crippen LogP contribution in [0.4, 0.5) is 0 Å². The maximum atomic E-state index is 5.35. The van der Waals surface area contributed by atoms with Crippen LogP contribution in [0.5, 0.6) is 0 Å². The Morgan fingerprint density at radius 1 is 0.875 bits per heavy atom. The molecule has 16 heavy (non-hydrogen) atoms. The van der Waals surface area contributed by atoms with Gasteiger partial charge in [-0.3, -0.25) is 0 Å². The van der Waals surface area contributed by atoms with Crippen LogP contribution in [0.2, 0.25) is 10.6 Å². The molecule has 2 unspecified atom stereocenters. The van der Waals surface area contributed by atoms with Gasteiger partial charge in [-0.15, -0.1) is 0 Å². The second-order valence-corrected chi connectivity index (χ2v) is 21.4. The monoisotopic (exact) mass is 328 g/mol. The van der Waals surface area contributed by atoms with E-state index >= 15 is 0 Å². The van der Waals surface area contributed by atoms with Gasteiger partial charge in [-0.05, 0) is 0 Å². The Bertz CT molecular complexity index is 220. The number of hydrogen-bond acceptors (Lipinski definition) is 4.